The average Bonchev–Trinajstić information content (AvgIpc) is 3.66. The van der Waals surface area contributed by atoms with Gasteiger partial charge in [0.15, 0.2) is 8.64 Å². The maximum absolute atomic E-state index is 8.50. The van der Waals surface area contributed by atoms with E-state index in [-0.39, 0.29) is 0 Å². The van der Waals surface area contributed by atoms with Gasteiger partial charge in [-0.25, -0.2) is 10.2 Å². The Morgan fingerprint density at radius 3 is 1.02 bits per heavy atom. The predicted octanol–water partition coefficient (Wildman–Crippen LogP) is 0.526. The van der Waals surface area contributed by atoms with Crippen molar-refractivity contribution in [3.63, 3.8) is 0 Å². The molecule has 0 radical (unpaired) electrons. The normalized spacial score (nSPS) is 20.0. The van der Waals surface area contributed by atoms with E-state index < -0.39 is 18.5 Å². The van der Waals surface area contributed by atoms with E-state index in [4.69, 9.17) is 80.9 Å². The number of nitrogens with one attached hydrogen (secondary N) is 2. The number of thiocarbonyl (C=S) groups is 4. The molecule has 41 heavy (non-hydrogen) atoms. The molecule has 0 unspecified atom stereocenters. The SMILES string of the molecule is S=C([S-])N(N1CCNCC1)N(C(=S)S)N1CCCC1.S=C([S-])N(N1CCNCC1)N(C(=S)S)N1CCCC1.[O]=[Mo+2]=[O]. The Balaban J connectivity index is 0.000000262. The van der Waals surface area contributed by atoms with Gasteiger partial charge < -0.3 is 60.3 Å². The van der Waals surface area contributed by atoms with Crippen LogP contribution in [-0.2, 0) is 50.5 Å². The zero-order chi connectivity index (χ0) is 30.4. The van der Waals surface area contributed by atoms with Crippen molar-refractivity contribution in [1.29, 1.82) is 0 Å². The van der Waals surface area contributed by atoms with E-state index >= 15 is 0 Å². The molecule has 4 aliphatic rings. The minimum atomic E-state index is -2.03. The molecule has 4 rings (SSSR count). The van der Waals surface area contributed by atoms with Crippen LogP contribution in [0.2, 0.25) is 0 Å². The molecule has 12 nitrogen and oxygen atoms in total. The number of thiol groups is 2. The molecule has 232 valence electrons. The summed E-state index contributed by atoms with van der Waals surface area (Å²) in [5.41, 5.74) is 0. The summed E-state index contributed by atoms with van der Waals surface area (Å²) in [5.74, 6) is 0. The first kappa shape index (κ1) is 37.9. The Bertz CT molecular complexity index is 846. The van der Waals surface area contributed by atoms with E-state index in [2.05, 4.69) is 55.9 Å². The van der Waals surface area contributed by atoms with Gasteiger partial charge in [0.05, 0.1) is 0 Å². The third-order valence-corrected chi connectivity index (χ3v) is 7.79. The summed E-state index contributed by atoms with van der Waals surface area (Å²) >= 11 is 38.2. The molecule has 0 spiro atoms. The van der Waals surface area contributed by atoms with Crippen molar-refractivity contribution in [2.75, 3.05) is 78.5 Å². The Kier molecular flexibility index (Phi) is 19.2. The van der Waals surface area contributed by atoms with Crippen molar-refractivity contribution in [3.8, 4) is 0 Å². The van der Waals surface area contributed by atoms with E-state index in [9.17, 15) is 0 Å². The van der Waals surface area contributed by atoms with Crippen LogP contribution in [0.4, 0.5) is 0 Å². The van der Waals surface area contributed by atoms with Gasteiger partial charge >= 0.3 is 25.3 Å². The summed E-state index contributed by atoms with van der Waals surface area (Å²) < 4.78 is 18.7. The Morgan fingerprint density at radius 2 is 0.805 bits per heavy atom. The van der Waals surface area contributed by atoms with E-state index in [1.807, 2.05) is 20.5 Å². The van der Waals surface area contributed by atoms with Gasteiger partial charge in [-0.05, 0) is 58.8 Å². The van der Waals surface area contributed by atoms with Gasteiger partial charge in [-0.1, -0.05) is 0 Å². The molecule has 0 saturated carbocycles. The molecule has 2 N–H and O–H groups in total. The second-order valence-electron chi connectivity index (χ2n) is 9.05. The summed E-state index contributed by atoms with van der Waals surface area (Å²) in [7, 11) is 0. The van der Waals surface area contributed by atoms with E-state index in [1.165, 1.54) is 0 Å². The number of hydrogen-bond donors (Lipinski definition) is 4. The second-order valence-corrected chi connectivity index (χ2v) is 13.7. The van der Waals surface area contributed by atoms with Gasteiger partial charge in [0.2, 0.25) is 0 Å². The summed E-state index contributed by atoms with van der Waals surface area (Å²) in [4.78, 5) is 0. The molecular weight excluding hydrogens is 765 g/mol. The fourth-order valence-electron chi connectivity index (χ4n) is 4.73. The van der Waals surface area contributed by atoms with Crippen molar-refractivity contribution < 1.29 is 25.3 Å². The molecule has 21 heteroatoms. The van der Waals surface area contributed by atoms with Crippen LogP contribution in [0.15, 0.2) is 0 Å². The first-order valence-electron chi connectivity index (χ1n) is 13.0. The summed E-state index contributed by atoms with van der Waals surface area (Å²) in [6.45, 7) is 10.9. The first-order valence-corrected chi connectivity index (χ1v) is 18.0. The topological polar surface area (TPSA) is 84.1 Å². The quantitative estimate of drug-likeness (QED) is 0.105. The Morgan fingerprint density at radius 1 is 0.561 bits per heavy atom. The molecule has 0 atom stereocenters. The van der Waals surface area contributed by atoms with Gasteiger partial charge in [0, 0.05) is 78.5 Å². The Hall–Kier alpha value is 0.748. The monoisotopic (exact) mass is 802 g/mol. The van der Waals surface area contributed by atoms with Crippen molar-refractivity contribution in [3.05, 3.63) is 0 Å². The van der Waals surface area contributed by atoms with Gasteiger partial charge in [-0.2, -0.15) is 30.3 Å². The zero-order valence-electron chi connectivity index (χ0n) is 22.5. The third-order valence-electron chi connectivity index (χ3n) is 6.45. The van der Waals surface area contributed by atoms with Crippen molar-refractivity contribution >= 4 is 117 Å². The fourth-order valence-corrected chi connectivity index (χ4v) is 6.31. The molecule has 4 heterocycles. The summed E-state index contributed by atoms with van der Waals surface area (Å²) in [5, 5.41) is 22.6. The van der Waals surface area contributed by atoms with Crippen LogP contribution < -0.4 is 10.6 Å². The van der Waals surface area contributed by atoms with E-state index in [0.717, 1.165) is 104 Å². The molecule has 4 aliphatic heterocycles. The van der Waals surface area contributed by atoms with Crippen LogP contribution in [0.5, 0.6) is 0 Å². The molecule has 0 aliphatic carbocycles. The van der Waals surface area contributed by atoms with Crippen molar-refractivity contribution in [2.45, 2.75) is 25.7 Å². The number of rotatable bonds is 4. The van der Waals surface area contributed by atoms with Crippen LogP contribution >= 0.6 is 74.1 Å². The number of piperazine rings is 2. The molecular formula is C20H36MoN10O2S8. The number of hydrogen-bond acceptors (Lipinski definition) is 14. The van der Waals surface area contributed by atoms with Crippen LogP contribution in [-0.4, -0.2) is 136 Å². The third kappa shape index (κ3) is 12.2. The maximum atomic E-state index is 8.50. The molecule has 4 fully saturated rings. The van der Waals surface area contributed by atoms with Gasteiger partial charge in [0.1, 0.15) is 0 Å². The molecule has 4 saturated heterocycles. The summed E-state index contributed by atoms with van der Waals surface area (Å²) in [6, 6.07) is 0. The fraction of sp³-hybridized carbons (Fsp3) is 0.800. The predicted molar refractivity (Wildman–Crippen MR) is 182 cm³/mol. The van der Waals surface area contributed by atoms with Crippen LogP contribution in [0.1, 0.15) is 25.7 Å². The van der Waals surface area contributed by atoms with Crippen LogP contribution in [0.3, 0.4) is 0 Å². The van der Waals surface area contributed by atoms with Gasteiger partial charge in [-0.3, -0.25) is 0 Å². The van der Waals surface area contributed by atoms with Gasteiger partial charge in [-0.15, -0.1) is 25.3 Å². The molecule has 0 aromatic rings. The molecule has 0 bridgehead atoms. The minimum absolute atomic E-state index is 0.380. The average molecular weight is 801 g/mol. The number of nitrogens with zero attached hydrogens (tertiary/aromatic N) is 8. The number of hydrazine groups is 6. The first-order chi connectivity index (χ1) is 19.6. The van der Waals surface area contributed by atoms with Crippen molar-refractivity contribution in [1.82, 2.24) is 51.1 Å². The molecule has 0 aromatic carbocycles. The van der Waals surface area contributed by atoms with Crippen LogP contribution in [0, 0.1) is 0 Å². The standard InChI is InChI=1S/2C10H19N5S4.Mo.2O/c2*16-9(17)14(12-5-1-2-6-12)15(10(18)19)13-7-3-11-4-8-13;;;/h2*11H,1-8H2,(H,16,17)(H,18,19);;;/q;;+2;;/p-2. The van der Waals surface area contributed by atoms with E-state index in [0.29, 0.717) is 17.3 Å². The molecule has 0 amide bonds. The molecule has 0 aromatic heterocycles. The van der Waals surface area contributed by atoms with Gasteiger partial charge in [0.25, 0.3) is 0 Å². The van der Waals surface area contributed by atoms with Crippen molar-refractivity contribution in [2.24, 2.45) is 0 Å². The zero-order valence-corrected chi connectivity index (χ0v) is 31.2. The second kappa shape index (κ2) is 20.7. The van der Waals surface area contributed by atoms with Crippen LogP contribution in [0.25, 0.3) is 0 Å². The Labute approximate surface area is 294 Å². The summed E-state index contributed by atoms with van der Waals surface area (Å²) in [6.07, 6.45) is 4.64. The van der Waals surface area contributed by atoms with E-state index in [1.54, 1.807) is 0 Å².